The Morgan fingerprint density at radius 2 is 1.96 bits per heavy atom. The molecule has 2 bridgehead atoms. The molecular formula is C19H20NO5S-. The zero-order valence-electron chi connectivity index (χ0n) is 14.4. The number of hydrogen-bond acceptors (Lipinski definition) is 6. The molecule has 3 aliphatic carbocycles. The van der Waals surface area contributed by atoms with Gasteiger partial charge in [0.2, 0.25) is 5.91 Å². The molecule has 4 atom stereocenters. The molecule has 26 heavy (non-hydrogen) atoms. The topological polar surface area (TPSA) is 95.5 Å². The fourth-order valence-corrected chi connectivity index (χ4v) is 5.89. The number of carbonyl (C=O) groups is 3. The largest absolute Gasteiger partial charge is 0.550 e. The van der Waals surface area contributed by atoms with Crippen molar-refractivity contribution in [3.05, 3.63) is 28.2 Å². The highest BCUT2D eigenvalue weighted by Gasteiger charge is 2.49. The number of esters is 1. The highest BCUT2D eigenvalue weighted by atomic mass is 32.1. The van der Waals surface area contributed by atoms with Crippen LogP contribution in [0.5, 0.6) is 0 Å². The predicted molar refractivity (Wildman–Crippen MR) is 93.7 cm³/mol. The van der Waals surface area contributed by atoms with Crippen LogP contribution in [0.4, 0.5) is 5.00 Å². The van der Waals surface area contributed by atoms with Gasteiger partial charge in [0.1, 0.15) is 5.00 Å². The number of ether oxygens (including phenoxy) is 1. The van der Waals surface area contributed by atoms with Gasteiger partial charge in [-0.3, -0.25) is 4.79 Å². The first-order chi connectivity index (χ1) is 12.5. The minimum absolute atomic E-state index is 0.0826. The third-order valence-corrected chi connectivity index (χ3v) is 6.88. The first-order valence-electron chi connectivity index (χ1n) is 9.03. The molecule has 138 valence electrons. The van der Waals surface area contributed by atoms with E-state index in [9.17, 15) is 19.5 Å². The number of anilines is 1. The summed E-state index contributed by atoms with van der Waals surface area (Å²) in [5, 5.41) is 14.9. The van der Waals surface area contributed by atoms with Gasteiger partial charge in [0.05, 0.1) is 18.1 Å². The van der Waals surface area contributed by atoms with Gasteiger partial charge < -0.3 is 20.0 Å². The maximum atomic E-state index is 12.9. The lowest BCUT2D eigenvalue weighted by Gasteiger charge is -2.27. The van der Waals surface area contributed by atoms with Gasteiger partial charge in [-0.15, -0.1) is 11.3 Å². The van der Waals surface area contributed by atoms with E-state index in [0.717, 1.165) is 29.7 Å². The van der Waals surface area contributed by atoms with Gasteiger partial charge in [-0.1, -0.05) is 12.2 Å². The monoisotopic (exact) mass is 374 g/mol. The molecule has 1 amide bonds. The van der Waals surface area contributed by atoms with Gasteiger partial charge in [-0.05, 0) is 50.0 Å². The predicted octanol–water partition coefficient (Wildman–Crippen LogP) is 1.54. The number of allylic oxidation sites excluding steroid dienone is 2. The molecule has 1 aromatic heterocycles. The zero-order chi connectivity index (χ0) is 18.4. The summed E-state index contributed by atoms with van der Waals surface area (Å²) in [4.78, 5) is 37.9. The average molecular weight is 374 g/mol. The van der Waals surface area contributed by atoms with Gasteiger partial charge in [-0.2, -0.15) is 0 Å². The minimum Gasteiger partial charge on any atom is -0.550 e. The SMILES string of the molecule is CCOC(=O)c1c(NC(=O)[C@H]2[C@@H](C(=O)[O-])[C@@H]3C=C[C@@H]2C3)sc2c1CCC2. The summed E-state index contributed by atoms with van der Waals surface area (Å²) < 4.78 is 5.17. The van der Waals surface area contributed by atoms with E-state index >= 15 is 0 Å². The van der Waals surface area contributed by atoms with Crippen LogP contribution in [0, 0.1) is 23.7 Å². The second-order valence-electron chi connectivity index (χ2n) is 7.09. The maximum Gasteiger partial charge on any atom is 0.341 e. The molecule has 1 saturated carbocycles. The van der Waals surface area contributed by atoms with Crippen LogP contribution in [0.2, 0.25) is 0 Å². The van der Waals surface area contributed by atoms with E-state index in [1.165, 1.54) is 11.3 Å². The van der Waals surface area contributed by atoms with E-state index in [4.69, 9.17) is 4.74 Å². The summed E-state index contributed by atoms with van der Waals surface area (Å²) in [7, 11) is 0. The summed E-state index contributed by atoms with van der Waals surface area (Å²) in [6.45, 7) is 2.01. The number of rotatable bonds is 5. The summed E-state index contributed by atoms with van der Waals surface area (Å²) in [5.74, 6) is -3.63. The average Bonchev–Trinajstić information content (AvgIpc) is 3.33. The van der Waals surface area contributed by atoms with Crippen LogP contribution >= 0.6 is 11.3 Å². The van der Waals surface area contributed by atoms with Crippen LogP contribution in [0.1, 0.15) is 40.6 Å². The Balaban J connectivity index is 1.61. The first-order valence-corrected chi connectivity index (χ1v) is 9.84. The lowest BCUT2D eigenvalue weighted by molar-refractivity contribution is -0.313. The number of fused-ring (bicyclic) bond motifs is 3. The zero-order valence-corrected chi connectivity index (χ0v) is 15.3. The molecule has 6 nitrogen and oxygen atoms in total. The summed E-state index contributed by atoms with van der Waals surface area (Å²) >= 11 is 1.41. The number of aliphatic carboxylic acids is 1. The molecule has 4 rings (SSSR count). The standard InChI is InChI=1S/C19H21NO5S/c1-2-25-19(24)15-11-4-3-5-12(11)26-17(15)20-16(21)13-9-6-7-10(8-9)14(13)18(22)23/h6-7,9-10,13-14H,2-5,8H2,1H3,(H,20,21)(H,22,23)/p-1/t9-,10-,13-,14+/m1/s1. The molecular weight excluding hydrogens is 354 g/mol. The molecule has 1 N–H and O–H groups in total. The van der Waals surface area contributed by atoms with Gasteiger partial charge in [-0.25, -0.2) is 4.79 Å². The van der Waals surface area contributed by atoms with Crippen LogP contribution in [0.3, 0.4) is 0 Å². The third-order valence-electron chi connectivity index (χ3n) is 5.67. The molecule has 3 aliphatic rings. The summed E-state index contributed by atoms with van der Waals surface area (Å²) in [5.41, 5.74) is 1.41. The number of hydrogen-bond donors (Lipinski definition) is 1. The van der Waals surface area contributed by atoms with E-state index in [2.05, 4.69) is 5.32 Å². The number of aryl methyl sites for hydroxylation is 1. The molecule has 1 aromatic rings. The Bertz CT molecular complexity index is 811. The number of nitrogens with one attached hydrogen (secondary N) is 1. The molecule has 0 spiro atoms. The smallest absolute Gasteiger partial charge is 0.341 e. The highest BCUT2D eigenvalue weighted by Crippen LogP contribution is 2.48. The van der Waals surface area contributed by atoms with Gasteiger partial charge in [0.15, 0.2) is 0 Å². The van der Waals surface area contributed by atoms with Crippen molar-refractivity contribution in [3.63, 3.8) is 0 Å². The first kappa shape index (κ1) is 17.3. The van der Waals surface area contributed by atoms with Crippen molar-refractivity contribution in [2.24, 2.45) is 23.7 Å². The van der Waals surface area contributed by atoms with E-state index < -0.39 is 23.8 Å². The summed E-state index contributed by atoms with van der Waals surface area (Å²) in [6, 6.07) is 0. The molecule has 0 radical (unpaired) electrons. The quantitative estimate of drug-likeness (QED) is 0.623. The fraction of sp³-hybridized carbons (Fsp3) is 0.526. The Morgan fingerprint density at radius 1 is 1.23 bits per heavy atom. The molecule has 0 saturated heterocycles. The lowest BCUT2D eigenvalue weighted by Crippen LogP contribution is -2.42. The van der Waals surface area contributed by atoms with Crippen molar-refractivity contribution in [2.45, 2.75) is 32.6 Å². The van der Waals surface area contributed by atoms with Crippen LogP contribution in [-0.4, -0.2) is 24.5 Å². The lowest BCUT2D eigenvalue weighted by atomic mass is 9.82. The Kier molecular flexibility index (Phi) is 4.34. The van der Waals surface area contributed by atoms with Crippen LogP contribution in [0.15, 0.2) is 12.2 Å². The molecule has 0 unspecified atom stereocenters. The van der Waals surface area contributed by atoms with Gasteiger partial charge >= 0.3 is 5.97 Å². The van der Waals surface area contributed by atoms with Crippen molar-refractivity contribution in [1.29, 1.82) is 0 Å². The Hall–Kier alpha value is -2.15. The van der Waals surface area contributed by atoms with Crippen molar-refractivity contribution in [1.82, 2.24) is 0 Å². The molecule has 7 heteroatoms. The number of amides is 1. The molecule has 0 aliphatic heterocycles. The number of carbonyl (C=O) groups excluding carboxylic acids is 3. The van der Waals surface area contributed by atoms with Crippen molar-refractivity contribution >= 4 is 34.2 Å². The van der Waals surface area contributed by atoms with Crippen molar-refractivity contribution in [3.8, 4) is 0 Å². The van der Waals surface area contributed by atoms with Gasteiger partial charge in [0.25, 0.3) is 0 Å². The third kappa shape index (κ3) is 2.65. The number of carboxylic acids is 1. The van der Waals surface area contributed by atoms with Gasteiger partial charge in [0, 0.05) is 16.8 Å². The van der Waals surface area contributed by atoms with Crippen molar-refractivity contribution < 1.29 is 24.2 Å². The summed E-state index contributed by atoms with van der Waals surface area (Å²) in [6.07, 6.45) is 7.15. The number of carboxylic acid groups (broad SMARTS) is 1. The highest BCUT2D eigenvalue weighted by molar-refractivity contribution is 7.17. The van der Waals surface area contributed by atoms with E-state index in [0.29, 0.717) is 17.0 Å². The van der Waals surface area contributed by atoms with Crippen molar-refractivity contribution in [2.75, 3.05) is 11.9 Å². The number of thiophene rings is 1. The Morgan fingerprint density at radius 3 is 2.65 bits per heavy atom. The molecule has 1 fully saturated rings. The second-order valence-corrected chi connectivity index (χ2v) is 8.20. The van der Waals surface area contributed by atoms with Crippen LogP contribution < -0.4 is 10.4 Å². The second kappa shape index (κ2) is 6.54. The van der Waals surface area contributed by atoms with E-state index in [1.807, 2.05) is 12.2 Å². The molecule has 1 heterocycles. The fourth-order valence-electron chi connectivity index (χ4n) is 4.61. The normalized spacial score (nSPS) is 28.2. The van der Waals surface area contributed by atoms with Crippen LogP contribution in [0.25, 0.3) is 0 Å². The maximum absolute atomic E-state index is 12.9. The minimum atomic E-state index is -1.18. The van der Waals surface area contributed by atoms with E-state index in [1.54, 1.807) is 6.92 Å². The molecule has 0 aromatic carbocycles. The van der Waals surface area contributed by atoms with E-state index in [-0.39, 0.29) is 24.3 Å². The Labute approximate surface area is 155 Å². The van der Waals surface area contributed by atoms with Crippen LogP contribution in [-0.2, 0) is 27.2 Å².